The molecule has 2 heterocycles. The van der Waals surface area contributed by atoms with Gasteiger partial charge in [0, 0.05) is 0 Å². The fourth-order valence-corrected chi connectivity index (χ4v) is 1.95. The van der Waals surface area contributed by atoms with E-state index < -0.39 is 13.8 Å². The molecule has 6 nitrogen and oxygen atoms in total. The first-order valence-electron chi connectivity index (χ1n) is 10.2. The van der Waals surface area contributed by atoms with Gasteiger partial charge in [0.25, 0.3) is 0 Å². The molecule has 0 atom stereocenters. The SMILES string of the molecule is C=C(C)C(=O)[O-].CCCC[n+]1ccn(C)c1.CCCC[n+]1ccn(C)c1.F[P-](F)(F)(F)(F)F. The van der Waals surface area contributed by atoms with Gasteiger partial charge in [0.05, 0.1) is 33.2 Å². The van der Waals surface area contributed by atoms with E-state index in [4.69, 9.17) is 0 Å². The number of imidazole rings is 2. The van der Waals surface area contributed by atoms with Crippen molar-refractivity contribution in [2.24, 2.45) is 14.1 Å². The molecule has 0 radical (unpaired) electrons. The number of carbonyl (C=O) groups is 1. The molecule has 194 valence electrons. The van der Waals surface area contributed by atoms with Gasteiger partial charge in [0.2, 0.25) is 12.7 Å². The van der Waals surface area contributed by atoms with Crippen LogP contribution in [0.15, 0.2) is 49.6 Å². The number of hydrogen-bond donors (Lipinski definition) is 0. The topological polar surface area (TPSA) is 57.8 Å². The van der Waals surface area contributed by atoms with Crippen LogP contribution in [0.25, 0.3) is 0 Å². The summed E-state index contributed by atoms with van der Waals surface area (Å²) in [5.74, 6) is -1.19. The fraction of sp³-hybridized carbons (Fsp3) is 0.550. The van der Waals surface area contributed by atoms with E-state index in [0.29, 0.717) is 0 Å². The number of hydrogen-bond acceptors (Lipinski definition) is 2. The van der Waals surface area contributed by atoms with Crippen molar-refractivity contribution >= 4 is 13.8 Å². The van der Waals surface area contributed by atoms with Gasteiger partial charge < -0.3 is 9.90 Å². The van der Waals surface area contributed by atoms with Gasteiger partial charge in [-0.25, -0.2) is 18.3 Å². The number of unbranched alkanes of at least 4 members (excludes halogenated alkanes) is 2. The van der Waals surface area contributed by atoms with Crippen LogP contribution < -0.4 is 14.2 Å². The van der Waals surface area contributed by atoms with Gasteiger partial charge in [0.1, 0.15) is 24.8 Å². The van der Waals surface area contributed by atoms with Crippen LogP contribution >= 0.6 is 7.81 Å². The molecule has 0 N–H and O–H groups in total. The number of aromatic nitrogens is 4. The molecule has 0 aromatic carbocycles. The summed E-state index contributed by atoms with van der Waals surface area (Å²) in [7, 11) is -6.57. The number of nitrogens with zero attached hydrogens (tertiary/aromatic N) is 4. The quantitative estimate of drug-likeness (QED) is 0.231. The first-order valence-corrected chi connectivity index (χ1v) is 12.2. The van der Waals surface area contributed by atoms with E-state index >= 15 is 0 Å². The van der Waals surface area contributed by atoms with Crippen LogP contribution in [0.2, 0.25) is 0 Å². The van der Waals surface area contributed by atoms with Crippen LogP contribution in [0.4, 0.5) is 25.2 Å². The molecule has 0 spiro atoms. The minimum atomic E-state index is -10.7. The monoisotopic (exact) mass is 508 g/mol. The molecule has 0 bridgehead atoms. The zero-order valence-electron chi connectivity index (χ0n) is 19.7. The van der Waals surface area contributed by atoms with Gasteiger partial charge in [-0.05, 0) is 25.3 Å². The Kier molecular flexibility index (Phi) is 13.3. The summed E-state index contributed by atoms with van der Waals surface area (Å²) < 4.78 is 67.7. The van der Waals surface area contributed by atoms with Gasteiger partial charge in [-0.3, -0.25) is 0 Å². The van der Waals surface area contributed by atoms with Crippen LogP contribution in [0.5, 0.6) is 0 Å². The summed E-state index contributed by atoms with van der Waals surface area (Å²) in [4.78, 5) is 9.49. The molecular formula is C20H35F6N4O2P. The van der Waals surface area contributed by atoms with Crippen molar-refractivity contribution in [2.45, 2.75) is 59.5 Å². The van der Waals surface area contributed by atoms with E-state index in [9.17, 15) is 35.1 Å². The Morgan fingerprint density at radius 2 is 1.15 bits per heavy atom. The third-order valence-corrected chi connectivity index (χ3v) is 3.54. The first-order chi connectivity index (χ1) is 14.7. The Hall–Kier alpha value is -2.36. The number of aryl methyl sites for hydroxylation is 4. The zero-order chi connectivity index (χ0) is 26.4. The number of halogens is 6. The Morgan fingerprint density at radius 1 is 0.879 bits per heavy atom. The molecule has 0 amide bonds. The van der Waals surface area contributed by atoms with E-state index in [2.05, 4.69) is 76.1 Å². The van der Waals surface area contributed by atoms with Gasteiger partial charge in [0.15, 0.2) is 0 Å². The molecule has 0 saturated carbocycles. The third-order valence-electron chi connectivity index (χ3n) is 3.54. The molecule has 2 aromatic rings. The Bertz CT molecular complexity index is 781. The van der Waals surface area contributed by atoms with Crippen LogP contribution in [-0.4, -0.2) is 15.1 Å². The van der Waals surface area contributed by atoms with E-state index in [1.54, 1.807) is 0 Å². The van der Waals surface area contributed by atoms with Crippen molar-refractivity contribution < 1.29 is 44.2 Å². The summed E-state index contributed by atoms with van der Waals surface area (Å²) in [6.45, 7) is 11.2. The van der Waals surface area contributed by atoms with Gasteiger partial charge in [-0.15, -0.1) is 0 Å². The molecule has 0 fully saturated rings. The second kappa shape index (κ2) is 13.4. The van der Waals surface area contributed by atoms with Crippen molar-refractivity contribution in [3.05, 3.63) is 49.6 Å². The fourth-order valence-electron chi connectivity index (χ4n) is 1.95. The number of aliphatic carboxylic acids is 1. The summed E-state index contributed by atoms with van der Waals surface area (Å²) in [5.41, 5.74) is 0.0648. The zero-order valence-corrected chi connectivity index (χ0v) is 20.6. The molecule has 13 heteroatoms. The number of carbonyl (C=O) groups excluding carboxylic acids is 1. The van der Waals surface area contributed by atoms with Crippen molar-refractivity contribution in [3.8, 4) is 0 Å². The van der Waals surface area contributed by atoms with Crippen molar-refractivity contribution in [3.63, 3.8) is 0 Å². The number of carboxylic acid groups (broad SMARTS) is 1. The van der Waals surface area contributed by atoms with Crippen LogP contribution in [0.1, 0.15) is 46.5 Å². The van der Waals surface area contributed by atoms with E-state index in [1.807, 2.05) is 14.1 Å². The van der Waals surface area contributed by atoms with Gasteiger partial charge >= 0.3 is 33.0 Å². The molecule has 0 aliphatic heterocycles. The summed E-state index contributed by atoms with van der Waals surface area (Å²) in [6.07, 6.45) is 17.6. The van der Waals surface area contributed by atoms with Gasteiger partial charge in [-0.1, -0.05) is 33.3 Å². The van der Waals surface area contributed by atoms with Crippen LogP contribution in [0, 0.1) is 0 Å². The Morgan fingerprint density at radius 3 is 1.30 bits per heavy atom. The summed E-state index contributed by atoms with van der Waals surface area (Å²) in [6, 6.07) is 0. The van der Waals surface area contributed by atoms with Crippen LogP contribution in [-0.2, 0) is 32.0 Å². The molecule has 2 rings (SSSR count). The van der Waals surface area contributed by atoms with E-state index in [1.165, 1.54) is 32.6 Å². The van der Waals surface area contributed by atoms with Gasteiger partial charge in [-0.2, -0.15) is 0 Å². The molecule has 0 aliphatic rings. The molecule has 2 aromatic heterocycles. The Balaban J connectivity index is 0. The number of rotatable bonds is 7. The predicted molar refractivity (Wildman–Crippen MR) is 114 cm³/mol. The first kappa shape index (κ1) is 32.8. The Labute approximate surface area is 191 Å². The minimum absolute atomic E-state index is 0.0648. The molecule has 0 aliphatic carbocycles. The average molecular weight is 508 g/mol. The predicted octanol–water partition coefficient (Wildman–Crippen LogP) is 4.92. The molecule has 33 heavy (non-hydrogen) atoms. The maximum atomic E-state index is 9.87. The van der Waals surface area contributed by atoms with Crippen LogP contribution in [0.3, 0.4) is 0 Å². The molecule has 0 saturated heterocycles. The molecule has 0 unspecified atom stereocenters. The molecular weight excluding hydrogens is 473 g/mol. The van der Waals surface area contributed by atoms with E-state index in [0.717, 1.165) is 13.1 Å². The normalized spacial score (nSPS) is 12.5. The van der Waals surface area contributed by atoms with Crippen molar-refractivity contribution in [1.29, 1.82) is 0 Å². The standard InChI is InChI=1S/2C8H15N2.C4H6O2.F6P/c2*1-3-4-5-10-7-6-9(2)8-10;1-3(2)4(5)6;1-7(2,3,4,5)6/h2*6-8H,3-5H2,1-2H3;1H2,2H3,(H,5,6);/q2*+1;;-1/p-1. The number of carboxylic acids is 1. The second-order valence-electron chi connectivity index (χ2n) is 7.37. The van der Waals surface area contributed by atoms with Crippen molar-refractivity contribution in [1.82, 2.24) is 9.13 Å². The van der Waals surface area contributed by atoms with Crippen molar-refractivity contribution in [2.75, 3.05) is 0 Å². The third kappa shape index (κ3) is 29.6. The average Bonchev–Trinajstić information content (AvgIpc) is 3.24. The maximum absolute atomic E-state index is 10.7. The summed E-state index contributed by atoms with van der Waals surface area (Å²) in [5, 5.41) is 9.49. The second-order valence-corrected chi connectivity index (χ2v) is 9.28. The van der Waals surface area contributed by atoms with E-state index in [-0.39, 0.29) is 5.57 Å². The summed E-state index contributed by atoms with van der Waals surface area (Å²) >= 11 is 0.